The largest absolute Gasteiger partial charge is 0.288 e. The Hall–Kier alpha value is -1.86. The number of benzene rings is 1. The van der Waals surface area contributed by atoms with E-state index in [9.17, 15) is 0 Å². The molecule has 1 heterocycles. The highest BCUT2D eigenvalue weighted by Gasteiger charge is 2.01. The van der Waals surface area contributed by atoms with Gasteiger partial charge in [0, 0.05) is 6.20 Å². The molecule has 0 unspecified atom stereocenters. The summed E-state index contributed by atoms with van der Waals surface area (Å²) < 4.78 is 2.12. The van der Waals surface area contributed by atoms with Crippen LogP contribution in [0.2, 0.25) is 0 Å². The van der Waals surface area contributed by atoms with E-state index < -0.39 is 0 Å². The fraction of sp³-hybridized carbons (Fsp3) is 0. The summed E-state index contributed by atoms with van der Waals surface area (Å²) in [5, 5.41) is 16.2. The normalized spacial score (nSPS) is 9.64. The average Bonchev–Trinajstić information content (AvgIpc) is 2.61. The quantitative estimate of drug-likeness (QED) is 0.752. The van der Waals surface area contributed by atoms with Gasteiger partial charge in [0.15, 0.2) is 0 Å². The van der Waals surface area contributed by atoms with Crippen LogP contribution in [0.4, 0.5) is 0 Å². The standard InChI is InChI=1S/C10H7N3S/c11-6-8-7-13(14-10(8)12)9-4-2-1-3-5-9/h1-5,7,12H. The number of nitriles is 1. The van der Waals surface area contributed by atoms with Gasteiger partial charge in [-0.2, -0.15) is 5.26 Å². The summed E-state index contributed by atoms with van der Waals surface area (Å²) in [7, 11) is 0. The molecule has 4 heteroatoms. The molecule has 1 aromatic carbocycles. The minimum Gasteiger partial charge on any atom is -0.288 e. The molecule has 0 aliphatic carbocycles. The lowest BCUT2D eigenvalue weighted by molar-refractivity contribution is 1.19. The summed E-state index contributed by atoms with van der Waals surface area (Å²) in [6, 6.07) is 11.7. The third kappa shape index (κ3) is 1.45. The first-order valence-corrected chi connectivity index (χ1v) is 4.81. The first-order valence-electron chi connectivity index (χ1n) is 4.04. The van der Waals surface area contributed by atoms with Gasteiger partial charge in [-0.25, -0.2) is 0 Å². The van der Waals surface area contributed by atoms with Gasteiger partial charge in [-0.05, 0) is 23.7 Å². The lowest BCUT2D eigenvalue weighted by Crippen LogP contribution is -1.91. The van der Waals surface area contributed by atoms with Gasteiger partial charge in [-0.1, -0.05) is 18.2 Å². The third-order valence-electron chi connectivity index (χ3n) is 1.81. The SMILES string of the molecule is N#Cc1cn(-c2ccccc2)sc1=N. The van der Waals surface area contributed by atoms with E-state index >= 15 is 0 Å². The van der Waals surface area contributed by atoms with E-state index in [-0.39, 0.29) is 0 Å². The Morgan fingerprint density at radius 2 is 2.00 bits per heavy atom. The fourth-order valence-electron chi connectivity index (χ4n) is 1.13. The number of hydrogen-bond donors (Lipinski definition) is 1. The molecule has 0 saturated carbocycles. The second kappa shape index (κ2) is 3.48. The van der Waals surface area contributed by atoms with Crippen molar-refractivity contribution < 1.29 is 0 Å². The first kappa shape index (κ1) is 8.73. The monoisotopic (exact) mass is 201 g/mol. The fourth-order valence-corrected chi connectivity index (χ4v) is 1.91. The van der Waals surface area contributed by atoms with E-state index in [2.05, 4.69) is 0 Å². The van der Waals surface area contributed by atoms with Crippen molar-refractivity contribution in [2.45, 2.75) is 0 Å². The van der Waals surface area contributed by atoms with Crippen LogP contribution >= 0.6 is 11.5 Å². The van der Waals surface area contributed by atoms with Crippen LogP contribution < -0.4 is 4.67 Å². The maximum Gasteiger partial charge on any atom is 0.144 e. The van der Waals surface area contributed by atoms with Crippen LogP contribution in [-0.2, 0) is 0 Å². The van der Waals surface area contributed by atoms with Crippen molar-refractivity contribution >= 4 is 11.5 Å². The highest BCUT2D eigenvalue weighted by molar-refractivity contribution is 7.04. The molecule has 0 saturated heterocycles. The Morgan fingerprint density at radius 1 is 1.29 bits per heavy atom. The predicted octanol–water partition coefficient (Wildman–Crippen LogP) is 1.89. The van der Waals surface area contributed by atoms with Gasteiger partial charge >= 0.3 is 0 Å². The number of hydrogen-bond acceptors (Lipinski definition) is 3. The summed E-state index contributed by atoms with van der Waals surface area (Å²) >= 11 is 1.25. The topological polar surface area (TPSA) is 52.6 Å². The zero-order valence-electron chi connectivity index (χ0n) is 7.27. The average molecular weight is 201 g/mol. The van der Waals surface area contributed by atoms with Gasteiger partial charge < -0.3 is 0 Å². The molecular weight excluding hydrogens is 194 g/mol. The molecule has 2 aromatic rings. The zero-order valence-corrected chi connectivity index (χ0v) is 8.08. The summed E-state index contributed by atoms with van der Waals surface area (Å²) in [5.41, 5.74) is 1.39. The molecule has 0 bridgehead atoms. The van der Waals surface area contributed by atoms with Crippen LogP contribution in [0, 0.1) is 16.7 Å². The van der Waals surface area contributed by atoms with E-state index in [0.717, 1.165) is 5.69 Å². The first-order chi connectivity index (χ1) is 6.81. The molecule has 2 rings (SSSR count). The van der Waals surface area contributed by atoms with Gasteiger partial charge in [0.2, 0.25) is 0 Å². The molecule has 0 fully saturated rings. The van der Waals surface area contributed by atoms with Crippen LogP contribution in [-0.4, -0.2) is 3.96 Å². The van der Waals surface area contributed by atoms with E-state index in [1.54, 1.807) is 6.20 Å². The lowest BCUT2D eigenvalue weighted by atomic mass is 10.3. The molecule has 1 N–H and O–H groups in total. The predicted molar refractivity (Wildman–Crippen MR) is 54.2 cm³/mol. The maximum atomic E-state index is 8.70. The summed E-state index contributed by atoms with van der Waals surface area (Å²) in [5.74, 6) is 0. The van der Waals surface area contributed by atoms with Gasteiger partial charge in [-0.3, -0.25) is 9.37 Å². The molecule has 0 spiro atoms. The highest BCUT2D eigenvalue weighted by atomic mass is 32.1. The Bertz CT molecular complexity index is 530. The van der Waals surface area contributed by atoms with Crippen molar-refractivity contribution in [2.24, 2.45) is 0 Å². The lowest BCUT2D eigenvalue weighted by Gasteiger charge is -1.98. The molecule has 3 nitrogen and oxygen atoms in total. The molecule has 0 radical (unpaired) electrons. The Labute approximate surface area is 85.1 Å². The molecule has 0 atom stereocenters. The van der Waals surface area contributed by atoms with Crippen LogP contribution in [0.5, 0.6) is 0 Å². The van der Waals surface area contributed by atoms with Crippen molar-refractivity contribution in [1.82, 2.24) is 3.96 Å². The molecular formula is C10H7N3S. The van der Waals surface area contributed by atoms with Crippen molar-refractivity contribution in [3.63, 3.8) is 0 Å². The van der Waals surface area contributed by atoms with Crippen LogP contribution in [0.3, 0.4) is 0 Å². The Balaban J connectivity index is 2.55. The van der Waals surface area contributed by atoms with Crippen LogP contribution in [0.25, 0.3) is 5.69 Å². The minimum absolute atomic E-state index is 0.302. The zero-order chi connectivity index (χ0) is 9.97. The number of nitrogens with zero attached hydrogens (tertiary/aromatic N) is 2. The molecule has 0 aliphatic rings. The molecule has 0 amide bonds. The molecule has 1 aromatic heterocycles. The highest BCUT2D eigenvalue weighted by Crippen LogP contribution is 2.09. The van der Waals surface area contributed by atoms with Gasteiger partial charge in [0.05, 0.1) is 5.69 Å². The number of nitrogens with one attached hydrogen (secondary N) is 1. The molecule has 0 aliphatic heterocycles. The molecule has 68 valence electrons. The van der Waals surface area contributed by atoms with E-state index in [1.165, 1.54) is 11.5 Å². The van der Waals surface area contributed by atoms with Crippen LogP contribution in [0.1, 0.15) is 5.56 Å². The summed E-state index contributed by atoms with van der Waals surface area (Å²) in [6.45, 7) is 0. The smallest absolute Gasteiger partial charge is 0.144 e. The van der Waals surface area contributed by atoms with Gasteiger partial charge in [0.25, 0.3) is 0 Å². The van der Waals surface area contributed by atoms with Crippen molar-refractivity contribution in [3.8, 4) is 11.8 Å². The van der Waals surface area contributed by atoms with E-state index in [1.807, 2.05) is 40.4 Å². The van der Waals surface area contributed by atoms with E-state index in [4.69, 9.17) is 10.7 Å². The van der Waals surface area contributed by atoms with Gasteiger partial charge in [-0.15, -0.1) is 0 Å². The van der Waals surface area contributed by atoms with Crippen molar-refractivity contribution in [2.75, 3.05) is 0 Å². The summed E-state index contributed by atoms with van der Waals surface area (Å²) in [4.78, 5) is 0. The minimum atomic E-state index is 0.302. The Morgan fingerprint density at radius 3 is 2.57 bits per heavy atom. The van der Waals surface area contributed by atoms with Crippen molar-refractivity contribution in [1.29, 1.82) is 10.7 Å². The van der Waals surface area contributed by atoms with Crippen molar-refractivity contribution in [3.05, 3.63) is 46.8 Å². The number of rotatable bonds is 1. The number of aromatic nitrogens is 1. The van der Waals surface area contributed by atoms with Crippen LogP contribution in [0.15, 0.2) is 36.5 Å². The second-order valence-electron chi connectivity index (χ2n) is 2.74. The second-order valence-corrected chi connectivity index (χ2v) is 3.72. The maximum absolute atomic E-state index is 8.70. The third-order valence-corrected chi connectivity index (χ3v) is 2.73. The Kier molecular flexibility index (Phi) is 2.17. The van der Waals surface area contributed by atoms with E-state index in [0.29, 0.717) is 10.2 Å². The molecule has 14 heavy (non-hydrogen) atoms. The summed E-state index contributed by atoms with van der Waals surface area (Å²) in [6.07, 6.45) is 1.68. The van der Waals surface area contributed by atoms with Gasteiger partial charge in [0.1, 0.15) is 16.3 Å². The number of para-hydroxylation sites is 1.